The molecule has 1 fully saturated rings. The lowest BCUT2D eigenvalue weighted by Crippen LogP contribution is -2.39. The van der Waals surface area contributed by atoms with Gasteiger partial charge in [0.25, 0.3) is 0 Å². The zero-order valence-corrected chi connectivity index (χ0v) is 11.1. The van der Waals surface area contributed by atoms with Gasteiger partial charge in [0.1, 0.15) is 11.9 Å². The minimum atomic E-state index is 0.474. The van der Waals surface area contributed by atoms with E-state index in [1.54, 1.807) is 12.3 Å². The van der Waals surface area contributed by atoms with Gasteiger partial charge in [0.2, 0.25) is 0 Å². The maximum atomic E-state index is 9.18. The van der Waals surface area contributed by atoms with E-state index in [0.717, 1.165) is 5.82 Å². The number of hydrogen-bond donors (Lipinski definition) is 1. The Kier molecular flexibility index (Phi) is 3.71. The Morgan fingerprint density at radius 3 is 2.83 bits per heavy atom. The van der Waals surface area contributed by atoms with Crippen LogP contribution in [0.25, 0.3) is 0 Å². The molecule has 1 aliphatic rings. The zero-order chi connectivity index (χ0) is 13.1. The van der Waals surface area contributed by atoms with E-state index in [1.165, 1.54) is 25.7 Å². The van der Waals surface area contributed by atoms with Crippen molar-refractivity contribution in [2.75, 3.05) is 17.7 Å². The smallest absolute Gasteiger partial charge is 0.146 e. The number of pyridine rings is 1. The maximum absolute atomic E-state index is 9.18. The molecule has 0 aromatic carbocycles. The summed E-state index contributed by atoms with van der Waals surface area (Å²) in [5, 5.41) is 9.18. The number of nitriles is 1. The van der Waals surface area contributed by atoms with Gasteiger partial charge in [-0.25, -0.2) is 4.98 Å². The summed E-state index contributed by atoms with van der Waals surface area (Å²) in [6, 6.07) is 4.36. The third-order valence-corrected chi connectivity index (χ3v) is 3.91. The van der Waals surface area contributed by atoms with Crippen LogP contribution in [0.2, 0.25) is 0 Å². The fourth-order valence-electron chi connectivity index (χ4n) is 2.87. The van der Waals surface area contributed by atoms with Crippen LogP contribution >= 0.6 is 0 Å². The van der Waals surface area contributed by atoms with E-state index < -0.39 is 0 Å². The fraction of sp³-hybridized carbons (Fsp3) is 0.571. The predicted octanol–water partition coefficient (Wildman–Crippen LogP) is 2.55. The second-order valence-electron chi connectivity index (χ2n) is 5.19. The third-order valence-electron chi connectivity index (χ3n) is 3.91. The summed E-state index contributed by atoms with van der Waals surface area (Å²) in [5.41, 5.74) is 6.78. The molecule has 0 amide bonds. The van der Waals surface area contributed by atoms with Gasteiger partial charge in [0.05, 0.1) is 17.4 Å². The highest BCUT2D eigenvalue weighted by Gasteiger charge is 2.27. The van der Waals surface area contributed by atoms with E-state index in [-0.39, 0.29) is 0 Å². The van der Waals surface area contributed by atoms with Crippen molar-refractivity contribution in [3.63, 3.8) is 0 Å². The molecule has 1 heterocycles. The van der Waals surface area contributed by atoms with Crippen molar-refractivity contribution < 1.29 is 0 Å². The molecule has 0 bridgehead atoms. The monoisotopic (exact) mass is 244 g/mol. The highest BCUT2D eigenvalue weighted by Crippen LogP contribution is 2.31. The van der Waals surface area contributed by atoms with Crippen LogP contribution in [0.1, 0.15) is 38.2 Å². The van der Waals surface area contributed by atoms with Gasteiger partial charge in [-0.2, -0.15) is 5.26 Å². The standard InChI is InChI=1S/C14H20N4/c1-10-5-3-4-6-13(10)18(2)14-11(8-15)7-12(16)9-17-14/h7,9-10,13H,3-6,16H2,1-2H3. The second kappa shape index (κ2) is 5.26. The zero-order valence-electron chi connectivity index (χ0n) is 11.1. The van der Waals surface area contributed by atoms with Crippen LogP contribution in [0.5, 0.6) is 0 Å². The molecule has 0 aliphatic heterocycles. The van der Waals surface area contributed by atoms with Crippen molar-refractivity contribution in [1.82, 2.24) is 4.98 Å². The predicted molar refractivity (Wildman–Crippen MR) is 73.2 cm³/mol. The Hall–Kier alpha value is -1.76. The molecular formula is C14H20N4. The minimum Gasteiger partial charge on any atom is -0.397 e. The maximum Gasteiger partial charge on any atom is 0.146 e. The quantitative estimate of drug-likeness (QED) is 0.868. The molecule has 18 heavy (non-hydrogen) atoms. The average molecular weight is 244 g/mol. The van der Waals surface area contributed by atoms with Crippen molar-refractivity contribution in [3.8, 4) is 6.07 Å². The second-order valence-corrected chi connectivity index (χ2v) is 5.19. The molecule has 96 valence electrons. The van der Waals surface area contributed by atoms with Crippen LogP contribution in [-0.4, -0.2) is 18.1 Å². The van der Waals surface area contributed by atoms with Crippen molar-refractivity contribution in [3.05, 3.63) is 17.8 Å². The molecule has 0 saturated heterocycles. The van der Waals surface area contributed by atoms with Gasteiger partial charge in [0.15, 0.2) is 0 Å². The molecule has 2 unspecified atom stereocenters. The first kappa shape index (κ1) is 12.7. The van der Waals surface area contributed by atoms with Gasteiger partial charge in [-0.1, -0.05) is 19.8 Å². The molecule has 2 N–H and O–H groups in total. The lowest BCUT2D eigenvalue weighted by Gasteiger charge is -2.37. The number of rotatable bonds is 2. The van der Waals surface area contributed by atoms with E-state index in [2.05, 4.69) is 22.9 Å². The van der Waals surface area contributed by atoms with E-state index >= 15 is 0 Å². The van der Waals surface area contributed by atoms with E-state index in [1.807, 2.05) is 7.05 Å². The van der Waals surface area contributed by atoms with E-state index in [4.69, 9.17) is 5.73 Å². The van der Waals surface area contributed by atoms with Crippen molar-refractivity contribution in [2.45, 2.75) is 38.6 Å². The summed E-state index contributed by atoms with van der Waals surface area (Å²) in [7, 11) is 2.03. The lowest BCUT2D eigenvalue weighted by molar-refractivity contribution is 0.320. The van der Waals surface area contributed by atoms with Crippen molar-refractivity contribution in [1.29, 1.82) is 5.26 Å². The number of anilines is 2. The summed E-state index contributed by atoms with van der Waals surface area (Å²) in [6.07, 6.45) is 6.63. The molecule has 0 spiro atoms. The number of hydrogen-bond acceptors (Lipinski definition) is 4. The Morgan fingerprint density at radius 2 is 2.17 bits per heavy atom. The summed E-state index contributed by atoms with van der Waals surface area (Å²) in [4.78, 5) is 6.49. The van der Waals surface area contributed by atoms with Crippen LogP contribution in [-0.2, 0) is 0 Å². The summed E-state index contributed by atoms with van der Waals surface area (Å²) in [5.74, 6) is 1.40. The molecule has 1 saturated carbocycles. The molecule has 1 aromatic heterocycles. The van der Waals surface area contributed by atoms with Gasteiger partial charge >= 0.3 is 0 Å². The van der Waals surface area contributed by atoms with E-state index in [9.17, 15) is 5.26 Å². The highest BCUT2D eigenvalue weighted by molar-refractivity contribution is 5.59. The molecule has 1 aromatic rings. The Balaban J connectivity index is 2.28. The van der Waals surface area contributed by atoms with Gasteiger partial charge in [-0.3, -0.25) is 0 Å². The summed E-state index contributed by atoms with van der Waals surface area (Å²) >= 11 is 0. The van der Waals surface area contributed by atoms with Crippen molar-refractivity contribution in [2.24, 2.45) is 5.92 Å². The third kappa shape index (κ3) is 2.40. The molecule has 4 nitrogen and oxygen atoms in total. The highest BCUT2D eigenvalue weighted by atomic mass is 15.2. The molecule has 2 rings (SSSR count). The van der Waals surface area contributed by atoms with Gasteiger partial charge in [0, 0.05) is 13.1 Å². The van der Waals surface area contributed by atoms with Crippen LogP contribution in [0, 0.1) is 17.2 Å². The average Bonchev–Trinajstić information content (AvgIpc) is 2.38. The first-order chi connectivity index (χ1) is 8.63. The summed E-state index contributed by atoms with van der Waals surface area (Å²) < 4.78 is 0. The molecule has 4 heteroatoms. The van der Waals surface area contributed by atoms with Crippen LogP contribution < -0.4 is 10.6 Å². The lowest BCUT2D eigenvalue weighted by atomic mass is 9.85. The largest absolute Gasteiger partial charge is 0.397 e. The molecular weight excluding hydrogens is 224 g/mol. The van der Waals surface area contributed by atoms with Crippen molar-refractivity contribution >= 4 is 11.5 Å². The Labute approximate surface area is 108 Å². The SMILES string of the molecule is CC1CCCCC1N(C)c1ncc(N)cc1C#N. The van der Waals surface area contributed by atoms with Crippen LogP contribution in [0.15, 0.2) is 12.3 Å². The topological polar surface area (TPSA) is 65.9 Å². The minimum absolute atomic E-state index is 0.474. The number of aromatic nitrogens is 1. The molecule has 0 radical (unpaired) electrons. The van der Waals surface area contributed by atoms with Crippen LogP contribution in [0.3, 0.4) is 0 Å². The Morgan fingerprint density at radius 1 is 1.44 bits per heavy atom. The normalized spacial score (nSPS) is 23.4. The first-order valence-electron chi connectivity index (χ1n) is 6.52. The number of nitrogens with two attached hydrogens (primary N) is 1. The Bertz CT molecular complexity index is 463. The van der Waals surface area contributed by atoms with Gasteiger partial charge < -0.3 is 10.6 Å². The summed E-state index contributed by atoms with van der Waals surface area (Å²) in [6.45, 7) is 2.28. The number of nitrogens with zero attached hydrogens (tertiary/aromatic N) is 3. The molecule has 2 atom stereocenters. The van der Waals surface area contributed by atoms with E-state index in [0.29, 0.717) is 23.2 Å². The first-order valence-corrected chi connectivity index (χ1v) is 6.52. The van der Waals surface area contributed by atoms with Gasteiger partial charge in [-0.05, 0) is 24.8 Å². The fourth-order valence-corrected chi connectivity index (χ4v) is 2.87. The molecule has 1 aliphatic carbocycles. The van der Waals surface area contributed by atoms with Crippen LogP contribution in [0.4, 0.5) is 11.5 Å². The number of nitrogen functional groups attached to an aromatic ring is 1. The van der Waals surface area contributed by atoms with Gasteiger partial charge in [-0.15, -0.1) is 0 Å².